The zero-order valence-electron chi connectivity index (χ0n) is 14.3. The normalized spacial score (nSPS) is 11.2. The van der Waals surface area contributed by atoms with E-state index in [1.54, 1.807) is 31.2 Å². The molecule has 0 saturated carbocycles. The van der Waals surface area contributed by atoms with E-state index in [0.717, 1.165) is 11.3 Å². The van der Waals surface area contributed by atoms with Gasteiger partial charge in [-0.05, 0) is 55.8 Å². The van der Waals surface area contributed by atoms with Gasteiger partial charge in [-0.1, -0.05) is 23.7 Å². The van der Waals surface area contributed by atoms with Gasteiger partial charge in [0.05, 0.1) is 16.6 Å². The Balaban J connectivity index is 2.01. The molecule has 4 rings (SSSR count). The number of aryl methyl sites for hydroxylation is 2. The Morgan fingerprint density at radius 1 is 0.923 bits per heavy atom. The van der Waals surface area contributed by atoms with Crippen LogP contribution >= 0.6 is 11.6 Å². The van der Waals surface area contributed by atoms with Crippen LogP contribution < -0.4 is 11.1 Å². The summed E-state index contributed by atoms with van der Waals surface area (Å²) >= 11 is 5.94. The molecule has 26 heavy (non-hydrogen) atoms. The second-order valence-corrected chi connectivity index (χ2v) is 6.70. The lowest BCUT2D eigenvalue weighted by Crippen LogP contribution is -2.21. The maximum Gasteiger partial charge on any atom is 0.280 e. The van der Waals surface area contributed by atoms with Crippen molar-refractivity contribution in [1.82, 2.24) is 14.3 Å². The molecule has 2 aromatic carbocycles. The van der Waals surface area contributed by atoms with Gasteiger partial charge in [-0.25, -0.2) is 4.68 Å². The minimum atomic E-state index is -0.213. The Bertz CT molecular complexity index is 1250. The maximum absolute atomic E-state index is 13.0. The first-order valence-electron chi connectivity index (χ1n) is 8.16. The molecule has 2 aromatic heterocycles. The Labute approximate surface area is 154 Å². The first kappa shape index (κ1) is 16.4. The summed E-state index contributed by atoms with van der Waals surface area (Å²) in [6, 6.07) is 16.0. The first-order valence-corrected chi connectivity index (χ1v) is 8.54. The molecule has 0 amide bonds. The van der Waals surface area contributed by atoms with Crippen LogP contribution in [0.15, 0.2) is 64.2 Å². The number of nitrogens with one attached hydrogen (secondary N) is 1. The van der Waals surface area contributed by atoms with Crippen molar-refractivity contribution in [3.05, 3.63) is 91.6 Å². The highest BCUT2D eigenvalue weighted by molar-refractivity contribution is 6.30. The zero-order chi connectivity index (χ0) is 18.4. The predicted octanol–water partition coefficient (Wildman–Crippen LogP) is 3.74. The zero-order valence-corrected chi connectivity index (χ0v) is 15.0. The summed E-state index contributed by atoms with van der Waals surface area (Å²) in [7, 11) is 0. The molecule has 0 radical (unpaired) electrons. The van der Waals surface area contributed by atoms with Crippen LogP contribution in [0.4, 0.5) is 0 Å². The second-order valence-electron chi connectivity index (χ2n) is 6.26. The second kappa shape index (κ2) is 6.04. The van der Waals surface area contributed by atoms with E-state index in [4.69, 9.17) is 11.6 Å². The highest BCUT2D eigenvalue weighted by Crippen LogP contribution is 2.18. The molecule has 0 fully saturated rings. The van der Waals surface area contributed by atoms with Gasteiger partial charge in [0.25, 0.3) is 11.1 Å². The van der Waals surface area contributed by atoms with Crippen molar-refractivity contribution in [1.29, 1.82) is 0 Å². The topological polar surface area (TPSA) is 59.8 Å². The van der Waals surface area contributed by atoms with E-state index in [2.05, 4.69) is 5.10 Å². The highest BCUT2D eigenvalue weighted by Gasteiger charge is 2.16. The minimum Gasteiger partial charge on any atom is -0.290 e. The predicted molar refractivity (Wildman–Crippen MR) is 104 cm³/mol. The molecule has 5 nitrogen and oxygen atoms in total. The van der Waals surface area contributed by atoms with Crippen molar-refractivity contribution in [3.63, 3.8) is 0 Å². The van der Waals surface area contributed by atoms with Crippen molar-refractivity contribution < 1.29 is 0 Å². The van der Waals surface area contributed by atoms with E-state index in [1.165, 1.54) is 15.3 Å². The maximum atomic E-state index is 13.0. The standard InChI is InChI=1S/C20H16ClN3O2/c1-12-4-3-5-16(10-12)24-20(26)19-13(2)23(18(25)11-17(19)22-24)15-8-6-14(21)7-9-15/h3-11,22H,1-2H3. The lowest BCUT2D eigenvalue weighted by atomic mass is 10.2. The molecule has 4 aromatic rings. The van der Waals surface area contributed by atoms with Crippen LogP contribution in [-0.2, 0) is 0 Å². The summed E-state index contributed by atoms with van der Waals surface area (Å²) < 4.78 is 2.99. The van der Waals surface area contributed by atoms with Crippen LogP contribution in [0.3, 0.4) is 0 Å². The van der Waals surface area contributed by atoms with E-state index < -0.39 is 0 Å². The third kappa shape index (κ3) is 2.57. The van der Waals surface area contributed by atoms with Crippen molar-refractivity contribution in [2.24, 2.45) is 0 Å². The van der Waals surface area contributed by atoms with Crippen molar-refractivity contribution >= 4 is 22.5 Å². The van der Waals surface area contributed by atoms with Crippen molar-refractivity contribution in [2.75, 3.05) is 0 Å². The number of nitrogens with zero attached hydrogens (tertiary/aromatic N) is 2. The van der Waals surface area contributed by atoms with E-state index in [9.17, 15) is 9.59 Å². The molecular weight excluding hydrogens is 350 g/mol. The Morgan fingerprint density at radius 3 is 2.35 bits per heavy atom. The fourth-order valence-corrected chi connectivity index (χ4v) is 3.36. The van der Waals surface area contributed by atoms with Crippen LogP contribution in [0.5, 0.6) is 0 Å². The van der Waals surface area contributed by atoms with Crippen molar-refractivity contribution in [2.45, 2.75) is 13.8 Å². The molecule has 0 bridgehead atoms. The fraction of sp³-hybridized carbons (Fsp3) is 0.100. The molecule has 0 spiro atoms. The molecule has 0 unspecified atom stereocenters. The summed E-state index contributed by atoms with van der Waals surface area (Å²) in [5, 5.41) is 4.12. The lowest BCUT2D eigenvalue weighted by Gasteiger charge is -2.10. The average Bonchev–Trinajstić information content (AvgIpc) is 2.93. The molecule has 1 N–H and O–H groups in total. The molecule has 0 aliphatic carbocycles. The number of pyridine rings is 1. The number of H-pyrrole nitrogens is 1. The van der Waals surface area contributed by atoms with Crippen LogP contribution in [0.2, 0.25) is 5.02 Å². The first-order chi connectivity index (χ1) is 12.5. The quantitative estimate of drug-likeness (QED) is 0.588. The summed E-state index contributed by atoms with van der Waals surface area (Å²) in [6.45, 7) is 3.74. The highest BCUT2D eigenvalue weighted by atomic mass is 35.5. The molecule has 0 saturated heterocycles. The van der Waals surface area contributed by atoms with E-state index in [-0.39, 0.29) is 11.1 Å². The van der Waals surface area contributed by atoms with Gasteiger partial charge in [0, 0.05) is 22.5 Å². The monoisotopic (exact) mass is 365 g/mol. The summed E-state index contributed by atoms with van der Waals surface area (Å²) in [6.07, 6.45) is 0. The molecule has 0 aliphatic heterocycles. The van der Waals surface area contributed by atoms with Crippen LogP contribution in [-0.4, -0.2) is 14.3 Å². The number of aromatic nitrogens is 3. The SMILES string of the molecule is Cc1cccc(-n2[nH]c3cc(=O)n(-c4ccc(Cl)cc4)c(C)c3c2=O)c1. The summed E-state index contributed by atoms with van der Waals surface area (Å²) in [4.78, 5) is 25.7. The number of fused-ring (bicyclic) bond motifs is 1. The van der Waals surface area contributed by atoms with Gasteiger partial charge in [-0.15, -0.1) is 0 Å². The molecule has 0 aliphatic rings. The lowest BCUT2D eigenvalue weighted by molar-refractivity contribution is 0.862. The number of benzene rings is 2. The van der Waals surface area contributed by atoms with Gasteiger partial charge in [-0.2, -0.15) is 0 Å². The molecule has 2 heterocycles. The van der Waals surface area contributed by atoms with Gasteiger partial charge in [0.1, 0.15) is 0 Å². The van der Waals surface area contributed by atoms with Gasteiger partial charge >= 0.3 is 0 Å². The third-order valence-electron chi connectivity index (χ3n) is 4.45. The number of aromatic amines is 1. The Kier molecular flexibility index (Phi) is 3.81. The molecule has 0 atom stereocenters. The number of halogens is 1. The summed E-state index contributed by atoms with van der Waals surface area (Å²) in [5.74, 6) is 0. The van der Waals surface area contributed by atoms with E-state index in [0.29, 0.717) is 27.3 Å². The molecule has 130 valence electrons. The van der Waals surface area contributed by atoms with Crippen molar-refractivity contribution in [3.8, 4) is 11.4 Å². The Morgan fingerprint density at radius 2 is 1.65 bits per heavy atom. The largest absolute Gasteiger partial charge is 0.290 e. The van der Waals surface area contributed by atoms with E-state index >= 15 is 0 Å². The Hall–Kier alpha value is -3.05. The smallest absolute Gasteiger partial charge is 0.280 e. The average molecular weight is 366 g/mol. The molecule has 6 heteroatoms. The minimum absolute atomic E-state index is 0.189. The van der Waals surface area contributed by atoms with Gasteiger partial charge in [0.15, 0.2) is 0 Å². The van der Waals surface area contributed by atoms with Crippen LogP contribution in [0, 0.1) is 13.8 Å². The van der Waals surface area contributed by atoms with Gasteiger partial charge < -0.3 is 0 Å². The van der Waals surface area contributed by atoms with Crippen LogP contribution in [0.1, 0.15) is 11.3 Å². The number of rotatable bonds is 2. The van der Waals surface area contributed by atoms with Crippen LogP contribution in [0.25, 0.3) is 22.3 Å². The van der Waals surface area contributed by atoms with E-state index in [1.807, 2.05) is 31.2 Å². The number of hydrogen-bond acceptors (Lipinski definition) is 2. The molecular formula is C20H16ClN3O2. The summed E-state index contributed by atoms with van der Waals surface area (Å²) in [5.41, 5.74) is 3.15. The van der Waals surface area contributed by atoms with Gasteiger partial charge in [-0.3, -0.25) is 19.3 Å². The fourth-order valence-electron chi connectivity index (χ4n) is 3.23. The number of hydrogen-bond donors (Lipinski definition) is 1. The van der Waals surface area contributed by atoms with Gasteiger partial charge in [0.2, 0.25) is 0 Å². The third-order valence-corrected chi connectivity index (χ3v) is 4.70.